The van der Waals surface area contributed by atoms with Crippen molar-refractivity contribution < 1.29 is 9.53 Å². The summed E-state index contributed by atoms with van der Waals surface area (Å²) in [5, 5.41) is 4.84. The Morgan fingerprint density at radius 3 is 2.18 bits per heavy atom. The van der Waals surface area contributed by atoms with E-state index in [1.54, 1.807) is 24.3 Å². The molecule has 5 heteroatoms. The predicted octanol–water partition coefficient (Wildman–Crippen LogP) is 6.74. The fourth-order valence-electron chi connectivity index (χ4n) is 3.32. The molecule has 4 rings (SSSR count). The van der Waals surface area contributed by atoms with Gasteiger partial charge in [-0.1, -0.05) is 84.4 Å². The van der Waals surface area contributed by atoms with Gasteiger partial charge in [-0.05, 0) is 53.9 Å². The van der Waals surface area contributed by atoms with Crippen LogP contribution < -0.4 is 10.2 Å². The van der Waals surface area contributed by atoms with E-state index in [0.717, 1.165) is 28.0 Å². The van der Waals surface area contributed by atoms with Gasteiger partial charge in [0.05, 0.1) is 5.71 Å². The largest absolute Gasteiger partial charge is 0.488 e. The van der Waals surface area contributed by atoms with Crippen molar-refractivity contribution in [2.45, 2.75) is 13.5 Å². The molecule has 0 bridgehead atoms. The van der Waals surface area contributed by atoms with Gasteiger partial charge in [0.2, 0.25) is 0 Å². The van der Waals surface area contributed by atoms with Crippen molar-refractivity contribution in [3.63, 3.8) is 0 Å². The highest BCUT2D eigenvalue weighted by atomic mass is 35.5. The third kappa shape index (κ3) is 5.88. The van der Waals surface area contributed by atoms with Crippen LogP contribution in [0.2, 0.25) is 5.02 Å². The van der Waals surface area contributed by atoms with Crippen LogP contribution in [0, 0.1) is 0 Å². The van der Waals surface area contributed by atoms with Crippen LogP contribution in [0.3, 0.4) is 0 Å². The van der Waals surface area contributed by atoms with Gasteiger partial charge in [0.15, 0.2) is 0 Å². The standard InChI is InChI=1S/C28H23ClN2O2/c1-20(22-15-17-25(29)18-16-22)30-31-28(32)24-13-11-21(12-14-24)19-33-27-10-6-5-9-26(27)23-7-3-2-4-8-23/h2-18H,19H2,1H3,(H,31,32)/b30-20-. The molecular weight excluding hydrogens is 432 g/mol. The van der Waals surface area contributed by atoms with E-state index in [4.69, 9.17) is 16.3 Å². The maximum absolute atomic E-state index is 12.5. The number of para-hydroxylation sites is 1. The Morgan fingerprint density at radius 2 is 1.45 bits per heavy atom. The second kappa shape index (κ2) is 10.6. The minimum absolute atomic E-state index is 0.273. The van der Waals surface area contributed by atoms with Gasteiger partial charge in [-0.3, -0.25) is 4.79 Å². The average Bonchev–Trinajstić information content (AvgIpc) is 2.87. The van der Waals surface area contributed by atoms with Gasteiger partial charge in [0, 0.05) is 16.1 Å². The molecule has 0 radical (unpaired) electrons. The summed E-state index contributed by atoms with van der Waals surface area (Å²) in [7, 11) is 0. The highest BCUT2D eigenvalue weighted by molar-refractivity contribution is 6.30. The molecule has 0 aromatic heterocycles. The first-order chi connectivity index (χ1) is 16.1. The molecule has 1 N–H and O–H groups in total. The smallest absolute Gasteiger partial charge is 0.271 e. The van der Waals surface area contributed by atoms with E-state index in [2.05, 4.69) is 22.7 Å². The van der Waals surface area contributed by atoms with Crippen LogP contribution in [0.1, 0.15) is 28.4 Å². The maximum Gasteiger partial charge on any atom is 0.271 e. The number of benzene rings is 4. The van der Waals surface area contributed by atoms with E-state index in [9.17, 15) is 4.79 Å². The number of carbonyl (C=O) groups excluding carboxylic acids is 1. The molecule has 0 fully saturated rings. The first kappa shape index (κ1) is 22.3. The Balaban J connectivity index is 1.38. The lowest BCUT2D eigenvalue weighted by Gasteiger charge is -2.12. The molecule has 1 amide bonds. The molecule has 0 atom stereocenters. The van der Waals surface area contributed by atoms with Crippen LogP contribution in [0.25, 0.3) is 11.1 Å². The normalized spacial score (nSPS) is 11.2. The van der Waals surface area contributed by atoms with E-state index in [1.165, 1.54) is 0 Å². The molecule has 33 heavy (non-hydrogen) atoms. The van der Waals surface area contributed by atoms with E-state index >= 15 is 0 Å². The number of ether oxygens (including phenoxy) is 1. The summed E-state index contributed by atoms with van der Waals surface area (Å²) in [5.41, 5.74) is 7.83. The summed E-state index contributed by atoms with van der Waals surface area (Å²) in [6.45, 7) is 2.23. The van der Waals surface area contributed by atoms with Gasteiger partial charge in [-0.15, -0.1) is 0 Å². The molecule has 0 spiro atoms. The third-order valence-electron chi connectivity index (χ3n) is 5.17. The second-order valence-corrected chi connectivity index (χ2v) is 7.93. The lowest BCUT2D eigenvalue weighted by atomic mass is 10.0. The number of rotatable bonds is 7. The summed E-state index contributed by atoms with van der Waals surface area (Å²) in [6, 6.07) is 32.7. The van der Waals surface area contributed by atoms with Crippen LogP contribution in [0.15, 0.2) is 108 Å². The van der Waals surface area contributed by atoms with Gasteiger partial charge in [-0.25, -0.2) is 5.43 Å². The molecule has 0 heterocycles. The first-order valence-electron chi connectivity index (χ1n) is 10.6. The van der Waals surface area contributed by atoms with E-state index in [0.29, 0.717) is 22.9 Å². The van der Waals surface area contributed by atoms with Crippen molar-refractivity contribution >= 4 is 23.2 Å². The quantitative estimate of drug-likeness (QED) is 0.248. The first-order valence-corrected chi connectivity index (χ1v) is 10.9. The Labute approximate surface area is 198 Å². The Bertz CT molecular complexity index is 1250. The van der Waals surface area contributed by atoms with Crippen molar-refractivity contribution in [3.05, 3.63) is 125 Å². The molecule has 4 aromatic rings. The van der Waals surface area contributed by atoms with Gasteiger partial charge in [0.1, 0.15) is 12.4 Å². The molecule has 0 aliphatic heterocycles. The Kier molecular flexibility index (Phi) is 7.18. The van der Waals surface area contributed by atoms with Crippen molar-refractivity contribution in [2.75, 3.05) is 0 Å². The van der Waals surface area contributed by atoms with E-state index in [1.807, 2.05) is 73.7 Å². The van der Waals surface area contributed by atoms with Gasteiger partial charge in [0.25, 0.3) is 5.91 Å². The topological polar surface area (TPSA) is 50.7 Å². The fraction of sp³-hybridized carbons (Fsp3) is 0.0714. The zero-order chi connectivity index (χ0) is 23.0. The van der Waals surface area contributed by atoms with Gasteiger partial charge in [-0.2, -0.15) is 5.10 Å². The summed E-state index contributed by atoms with van der Waals surface area (Å²) in [5.74, 6) is 0.544. The van der Waals surface area contributed by atoms with E-state index in [-0.39, 0.29) is 5.91 Å². The number of hydrazone groups is 1. The molecule has 164 valence electrons. The van der Waals surface area contributed by atoms with Crippen molar-refractivity contribution in [1.82, 2.24) is 5.43 Å². The SMILES string of the molecule is C/C(=N/NC(=O)c1ccc(COc2ccccc2-c2ccccc2)cc1)c1ccc(Cl)cc1. The number of hydrogen-bond donors (Lipinski definition) is 1. The van der Waals surface area contributed by atoms with Crippen LogP contribution in [0.4, 0.5) is 0 Å². The number of hydrogen-bond acceptors (Lipinski definition) is 3. The average molecular weight is 455 g/mol. The van der Waals surface area contributed by atoms with Crippen LogP contribution in [-0.4, -0.2) is 11.6 Å². The van der Waals surface area contributed by atoms with Crippen LogP contribution in [-0.2, 0) is 6.61 Å². The predicted molar refractivity (Wildman–Crippen MR) is 134 cm³/mol. The van der Waals surface area contributed by atoms with Gasteiger partial charge < -0.3 is 4.74 Å². The molecule has 0 saturated carbocycles. The molecule has 0 saturated heterocycles. The van der Waals surface area contributed by atoms with Crippen LogP contribution in [0.5, 0.6) is 5.75 Å². The molecule has 4 nitrogen and oxygen atoms in total. The molecule has 0 aliphatic carbocycles. The lowest BCUT2D eigenvalue weighted by Crippen LogP contribution is -2.19. The van der Waals surface area contributed by atoms with Crippen molar-refractivity contribution in [1.29, 1.82) is 0 Å². The molecule has 0 unspecified atom stereocenters. The van der Waals surface area contributed by atoms with Crippen molar-refractivity contribution in [3.8, 4) is 16.9 Å². The highest BCUT2D eigenvalue weighted by Gasteiger charge is 2.08. The van der Waals surface area contributed by atoms with E-state index < -0.39 is 0 Å². The Hall–Kier alpha value is -3.89. The second-order valence-electron chi connectivity index (χ2n) is 7.49. The number of halogens is 1. The molecule has 4 aromatic carbocycles. The highest BCUT2D eigenvalue weighted by Crippen LogP contribution is 2.30. The third-order valence-corrected chi connectivity index (χ3v) is 5.42. The lowest BCUT2D eigenvalue weighted by molar-refractivity contribution is 0.0955. The zero-order valence-corrected chi connectivity index (χ0v) is 18.9. The van der Waals surface area contributed by atoms with Crippen molar-refractivity contribution in [2.24, 2.45) is 5.10 Å². The number of carbonyl (C=O) groups is 1. The number of nitrogens with one attached hydrogen (secondary N) is 1. The fourth-order valence-corrected chi connectivity index (χ4v) is 3.44. The monoisotopic (exact) mass is 454 g/mol. The number of amides is 1. The minimum atomic E-state index is -0.273. The number of nitrogens with zero attached hydrogens (tertiary/aromatic N) is 1. The minimum Gasteiger partial charge on any atom is -0.488 e. The Morgan fingerprint density at radius 1 is 0.818 bits per heavy atom. The summed E-state index contributed by atoms with van der Waals surface area (Å²) in [4.78, 5) is 12.5. The maximum atomic E-state index is 12.5. The molecular formula is C28H23ClN2O2. The van der Waals surface area contributed by atoms with Crippen LogP contribution >= 0.6 is 11.6 Å². The summed E-state index contributed by atoms with van der Waals surface area (Å²) in [6.07, 6.45) is 0. The zero-order valence-electron chi connectivity index (χ0n) is 18.2. The summed E-state index contributed by atoms with van der Waals surface area (Å²) >= 11 is 5.91. The van der Waals surface area contributed by atoms with Gasteiger partial charge >= 0.3 is 0 Å². The summed E-state index contributed by atoms with van der Waals surface area (Å²) < 4.78 is 6.08. The molecule has 0 aliphatic rings.